The Bertz CT molecular complexity index is 727. The minimum absolute atomic E-state index is 0. The standard InChI is InChI=1S/C17H25N5O.2ClH/c1-10(2)22-16-14(9-20-22)13(7-15(21-16)12-5-6-12)17(23)19-8-11(3)18-4;;/h7,9-12,18H,5-6,8H2,1-4H3,(H,19,23);2*1H. The normalized spacial score (nSPS) is 14.8. The zero-order valence-corrected chi connectivity index (χ0v) is 16.7. The van der Waals surface area contributed by atoms with Gasteiger partial charge in [-0.25, -0.2) is 9.67 Å². The van der Waals surface area contributed by atoms with Crippen LogP contribution in [-0.2, 0) is 0 Å². The van der Waals surface area contributed by atoms with Gasteiger partial charge in [0, 0.05) is 30.2 Å². The van der Waals surface area contributed by atoms with Gasteiger partial charge in [0.25, 0.3) is 5.91 Å². The van der Waals surface area contributed by atoms with Crippen LogP contribution in [0.5, 0.6) is 0 Å². The van der Waals surface area contributed by atoms with Crippen molar-refractivity contribution < 1.29 is 4.79 Å². The van der Waals surface area contributed by atoms with E-state index in [0.29, 0.717) is 18.0 Å². The Morgan fingerprint density at radius 1 is 1.32 bits per heavy atom. The first-order chi connectivity index (χ1) is 11.0. The fourth-order valence-electron chi connectivity index (χ4n) is 2.63. The molecule has 2 heterocycles. The van der Waals surface area contributed by atoms with Crippen LogP contribution < -0.4 is 10.6 Å². The number of likely N-dealkylation sites (N-methyl/N-ethyl adjacent to an activating group) is 1. The molecule has 25 heavy (non-hydrogen) atoms. The van der Waals surface area contributed by atoms with Crippen molar-refractivity contribution in [1.29, 1.82) is 0 Å². The number of nitrogens with zero attached hydrogens (tertiary/aromatic N) is 3. The van der Waals surface area contributed by atoms with Crippen molar-refractivity contribution in [1.82, 2.24) is 25.4 Å². The fraction of sp³-hybridized carbons (Fsp3) is 0.588. The second-order valence-electron chi connectivity index (χ2n) is 6.69. The van der Waals surface area contributed by atoms with E-state index in [4.69, 9.17) is 4.98 Å². The number of amides is 1. The molecule has 0 bridgehead atoms. The number of rotatable bonds is 6. The summed E-state index contributed by atoms with van der Waals surface area (Å²) in [6, 6.07) is 2.40. The number of nitrogens with one attached hydrogen (secondary N) is 2. The van der Waals surface area contributed by atoms with Crippen LogP contribution in [0.15, 0.2) is 12.3 Å². The summed E-state index contributed by atoms with van der Waals surface area (Å²) in [5.74, 6) is 0.447. The molecule has 1 atom stereocenters. The molecule has 0 spiro atoms. The van der Waals surface area contributed by atoms with Crippen molar-refractivity contribution in [2.45, 2.75) is 51.6 Å². The average Bonchev–Trinajstić information content (AvgIpc) is 3.30. The lowest BCUT2D eigenvalue weighted by atomic mass is 10.1. The van der Waals surface area contributed by atoms with Gasteiger partial charge in [-0.05, 0) is 46.7 Å². The highest BCUT2D eigenvalue weighted by Gasteiger charge is 2.28. The molecule has 8 heteroatoms. The Hall–Kier alpha value is -1.37. The van der Waals surface area contributed by atoms with Gasteiger partial charge < -0.3 is 10.6 Å². The number of hydrogen-bond donors (Lipinski definition) is 2. The summed E-state index contributed by atoms with van der Waals surface area (Å²) in [6.45, 7) is 6.78. The van der Waals surface area contributed by atoms with Gasteiger partial charge in [-0.2, -0.15) is 5.10 Å². The smallest absolute Gasteiger partial charge is 0.252 e. The number of fused-ring (bicyclic) bond motifs is 1. The molecule has 1 unspecified atom stereocenters. The minimum Gasteiger partial charge on any atom is -0.350 e. The number of hydrogen-bond acceptors (Lipinski definition) is 4. The van der Waals surface area contributed by atoms with Crippen LogP contribution in [0, 0.1) is 0 Å². The predicted molar refractivity (Wildman–Crippen MR) is 105 cm³/mol. The van der Waals surface area contributed by atoms with Gasteiger partial charge in [0.1, 0.15) is 0 Å². The molecule has 1 aliphatic carbocycles. The molecule has 6 nitrogen and oxygen atoms in total. The van der Waals surface area contributed by atoms with E-state index in [1.54, 1.807) is 6.20 Å². The van der Waals surface area contributed by atoms with Gasteiger partial charge in [0.2, 0.25) is 0 Å². The minimum atomic E-state index is -0.0512. The molecule has 1 saturated carbocycles. The SMILES string of the molecule is CNC(C)CNC(=O)c1cc(C2CC2)nc2c1cnn2C(C)C.Cl.Cl. The Kier molecular flexibility index (Phi) is 7.65. The third-order valence-corrected chi connectivity index (χ3v) is 4.38. The van der Waals surface area contributed by atoms with Gasteiger partial charge in [-0.3, -0.25) is 4.79 Å². The Balaban J connectivity index is 0.00000156. The Morgan fingerprint density at radius 3 is 2.56 bits per heavy atom. The molecule has 2 aromatic rings. The van der Waals surface area contributed by atoms with Gasteiger partial charge in [0.05, 0.1) is 17.1 Å². The predicted octanol–water partition coefficient (Wildman–Crippen LogP) is 3.07. The second kappa shape index (κ2) is 8.83. The number of halogens is 2. The van der Waals surface area contributed by atoms with Crippen molar-refractivity contribution in [2.24, 2.45) is 0 Å². The van der Waals surface area contributed by atoms with Crippen molar-refractivity contribution in [3.63, 3.8) is 0 Å². The van der Waals surface area contributed by atoms with Crippen LogP contribution >= 0.6 is 24.8 Å². The summed E-state index contributed by atoms with van der Waals surface area (Å²) >= 11 is 0. The number of carbonyl (C=O) groups is 1. The number of aromatic nitrogens is 3. The lowest BCUT2D eigenvalue weighted by molar-refractivity contribution is 0.0952. The number of pyridine rings is 1. The van der Waals surface area contributed by atoms with Crippen LogP contribution in [0.3, 0.4) is 0 Å². The zero-order valence-electron chi connectivity index (χ0n) is 15.1. The van der Waals surface area contributed by atoms with Crippen LogP contribution in [0.25, 0.3) is 11.0 Å². The van der Waals surface area contributed by atoms with Crippen LogP contribution in [0.1, 0.15) is 61.6 Å². The maximum atomic E-state index is 12.6. The van der Waals surface area contributed by atoms with Crippen molar-refractivity contribution >= 4 is 41.8 Å². The quantitative estimate of drug-likeness (QED) is 0.798. The first-order valence-corrected chi connectivity index (χ1v) is 8.35. The molecule has 3 rings (SSSR count). The van der Waals surface area contributed by atoms with Gasteiger partial charge >= 0.3 is 0 Å². The van der Waals surface area contributed by atoms with Crippen LogP contribution in [0.2, 0.25) is 0 Å². The molecular formula is C17H27Cl2N5O. The largest absolute Gasteiger partial charge is 0.350 e. The Labute approximate surface area is 161 Å². The summed E-state index contributed by atoms with van der Waals surface area (Å²) < 4.78 is 1.90. The highest BCUT2D eigenvalue weighted by atomic mass is 35.5. The molecule has 0 saturated heterocycles. The van der Waals surface area contributed by atoms with E-state index in [1.165, 1.54) is 0 Å². The second-order valence-corrected chi connectivity index (χ2v) is 6.69. The molecule has 1 amide bonds. The molecule has 1 fully saturated rings. The number of carbonyl (C=O) groups excluding carboxylic acids is 1. The van der Waals surface area contributed by atoms with Crippen LogP contribution in [0.4, 0.5) is 0 Å². The van der Waals surface area contributed by atoms with E-state index in [0.717, 1.165) is 29.6 Å². The molecule has 2 aromatic heterocycles. The maximum Gasteiger partial charge on any atom is 0.252 e. The lowest BCUT2D eigenvalue weighted by Gasteiger charge is -2.13. The fourth-order valence-corrected chi connectivity index (χ4v) is 2.63. The molecule has 0 radical (unpaired) electrons. The molecule has 1 aliphatic rings. The van der Waals surface area contributed by atoms with Crippen molar-refractivity contribution in [2.75, 3.05) is 13.6 Å². The third-order valence-electron chi connectivity index (χ3n) is 4.38. The first kappa shape index (κ1) is 21.7. The van der Waals surface area contributed by atoms with E-state index in [1.807, 2.05) is 24.7 Å². The molecule has 0 aliphatic heterocycles. The first-order valence-electron chi connectivity index (χ1n) is 8.35. The Morgan fingerprint density at radius 2 is 2.00 bits per heavy atom. The van der Waals surface area contributed by atoms with E-state index in [-0.39, 0.29) is 42.8 Å². The van der Waals surface area contributed by atoms with E-state index >= 15 is 0 Å². The van der Waals surface area contributed by atoms with Gasteiger partial charge in [-0.15, -0.1) is 24.8 Å². The van der Waals surface area contributed by atoms with Gasteiger partial charge in [0.15, 0.2) is 5.65 Å². The van der Waals surface area contributed by atoms with Crippen molar-refractivity contribution in [3.8, 4) is 0 Å². The van der Waals surface area contributed by atoms with E-state index in [2.05, 4.69) is 29.6 Å². The average molecular weight is 388 g/mol. The summed E-state index contributed by atoms with van der Waals surface area (Å²) in [6.07, 6.45) is 4.08. The zero-order chi connectivity index (χ0) is 16.6. The van der Waals surface area contributed by atoms with Crippen LogP contribution in [-0.4, -0.2) is 40.3 Å². The molecular weight excluding hydrogens is 361 g/mol. The van der Waals surface area contributed by atoms with Gasteiger partial charge in [-0.1, -0.05) is 0 Å². The highest BCUT2D eigenvalue weighted by molar-refractivity contribution is 6.05. The summed E-state index contributed by atoms with van der Waals surface area (Å²) in [7, 11) is 1.89. The third kappa shape index (κ3) is 4.63. The topological polar surface area (TPSA) is 71.8 Å². The summed E-state index contributed by atoms with van der Waals surface area (Å²) in [5, 5.41) is 11.4. The lowest BCUT2D eigenvalue weighted by Crippen LogP contribution is -2.37. The molecule has 140 valence electrons. The highest BCUT2D eigenvalue weighted by Crippen LogP contribution is 2.40. The van der Waals surface area contributed by atoms with E-state index < -0.39 is 0 Å². The molecule has 2 N–H and O–H groups in total. The maximum absolute atomic E-state index is 12.6. The summed E-state index contributed by atoms with van der Waals surface area (Å²) in [5.41, 5.74) is 2.52. The monoisotopic (exact) mass is 387 g/mol. The van der Waals surface area contributed by atoms with E-state index in [9.17, 15) is 4.79 Å². The van der Waals surface area contributed by atoms with Crippen molar-refractivity contribution in [3.05, 3.63) is 23.5 Å². The molecule has 0 aromatic carbocycles. The summed E-state index contributed by atoms with van der Waals surface area (Å²) in [4.78, 5) is 17.4.